The van der Waals surface area contributed by atoms with Gasteiger partial charge in [0, 0.05) is 24.8 Å². The van der Waals surface area contributed by atoms with E-state index in [2.05, 4.69) is 30.2 Å². The van der Waals surface area contributed by atoms with Gasteiger partial charge < -0.3 is 30.4 Å². The summed E-state index contributed by atoms with van der Waals surface area (Å²) in [6, 6.07) is 7.78. The number of likely N-dealkylation sites (N-methyl/N-ethyl adjacent to an activating group) is 1. The van der Waals surface area contributed by atoms with Gasteiger partial charge >= 0.3 is 0 Å². The van der Waals surface area contributed by atoms with Gasteiger partial charge in [-0.05, 0) is 51.4 Å². The van der Waals surface area contributed by atoms with Crippen LogP contribution < -0.4 is 11.1 Å². The van der Waals surface area contributed by atoms with Crippen molar-refractivity contribution in [1.29, 1.82) is 0 Å². The normalized spacial score (nSPS) is 20.4. The van der Waals surface area contributed by atoms with Crippen LogP contribution in [0.25, 0.3) is 22.6 Å². The zero-order valence-corrected chi connectivity index (χ0v) is 19.3. The highest BCUT2D eigenvalue weighted by Crippen LogP contribution is 2.35. The number of nitrogens with two attached hydrogens (primary N) is 1. The number of anilines is 1. The third-order valence-electron chi connectivity index (χ3n) is 5.52. The number of carbonyl (C=O) groups excluding carboxylic acids is 1. The minimum absolute atomic E-state index is 0.0996. The second-order valence-corrected chi connectivity index (χ2v) is 8.73. The van der Waals surface area contributed by atoms with Crippen LogP contribution in [0.4, 0.5) is 10.3 Å². The summed E-state index contributed by atoms with van der Waals surface area (Å²) in [5, 5.41) is 3.20. The Kier molecular flexibility index (Phi) is 6.87. The van der Waals surface area contributed by atoms with E-state index in [1.807, 2.05) is 14.1 Å². The molecule has 11 heteroatoms. The molecule has 1 aliphatic heterocycles. The number of nitrogens with one attached hydrogen (secondary N) is 2. The summed E-state index contributed by atoms with van der Waals surface area (Å²) in [6.45, 7) is 3.39. The quantitative estimate of drug-likeness (QED) is 0.458. The van der Waals surface area contributed by atoms with E-state index in [0.717, 1.165) is 6.54 Å². The van der Waals surface area contributed by atoms with Crippen molar-refractivity contribution < 1.29 is 18.7 Å². The molecule has 0 aliphatic carbocycles. The third-order valence-corrected chi connectivity index (χ3v) is 5.52. The van der Waals surface area contributed by atoms with Gasteiger partial charge in [-0.15, -0.1) is 0 Å². The highest BCUT2D eigenvalue weighted by atomic mass is 19.1. The number of amides is 1. The maximum atomic E-state index is 13.5. The van der Waals surface area contributed by atoms with Crippen molar-refractivity contribution in [2.24, 2.45) is 11.1 Å². The minimum atomic E-state index is -0.911. The minimum Gasteiger partial charge on any atom is -0.369 e. The summed E-state index contributed by atoms with van der Waals surface area (Å²) >= 11 is 0. The Morgan fingerprint density at radius 2 is 1.94 bits per heavy atom. The molecule has 0 bridgehead atoms. The number of benzene rings is 1. The lowest BCUT2D eigenvalue weighted by molar-refractivity contribution is -0.230. The summed E-state index contributed by atoms with van der Waals surface area (Å²) in [4.78, 5) is 30.6. The monoisotopic (exact) mass is 469 g/mol. The van der Waals surface area contributed by atoms with Gasteiger partial charge in [-0.25, -0.2) is 19.3 Å². The smallest absolute Gasteiger partial charge is 0.228 e. The number of rotatable bonds is 8. The molecule has 34 heavy (non-hydrogen) atoms. The van der Waals surface area contributed by atoms with Crippen molar-refractivity contribution in [3.8, 4) is 22.6 Å². The average molecular weight is 470 g/mol. The van der Waals surface area contributed by atoms with E-state index in [1.165, 1.54) is 12.1 Å². The van der Waals surface area contributed by atoms with Crippen molar-refractivity contribution in [1.82, 2.24) is 24.8 Å². The standard InChI is InChI=1S/C23H28FN7O3/c1-23(21(25)32)12-33-20(34-13-23)19-29-17(14-4-6-15(24)7-5-14)18(30-19)16-8-9-26-22(28-16)27-10-11-31(2)3/h4-9,20H,10-13H2,1-3H3,(H2,25,32)(H,29,30)(H,26,27,28). The van der Waals surface area contributed by atoms with Crippen molar-refractivity contribution in [2.75, 3.05) is 45.7 Å². The average Bonchev–Trinajstić information content (AvgIpc) is 3.25. The van der Waals surface area contributed by atoms with Crippen molar-refractivity contribution in [3.05, 3.63) is 48.2 Å². The molecule has 0 radical (unpaired) electrons. The van der Waals surface area contributed by atoms with Gasteiger partial charge in [0.2, 0.25) is 18.1 Å². The number of hydrogen-bond donors (Lipinski definition) is 3. The Hall–Kier alpha value is -3.41. The van der Waals surface area contributed by atoms with Gasteiger partial charge in [0.1, 0.15) is 5.82 Å². The van der Waals surface area contributed by atoms with Crippen LogP contribution in [0.15, 0.2) is 36.5 Å². The molecule has 180 valence electrons. The van der Waals surface area contributed by atoms with Crippen LogP contribution in [0.2, 0.25) is 0 Å². The maximum absolute atomic E-state index is 13.5. The lowest BCUT2D eigenvalue weighted by atomic mass is 9.91. The predicted molar refractivity (Wildman–Crippen MR) is 124 cm³/mol. The molecule has 1 aromatic carbocycles. The predicted octanol–water partition coefficient (Wildman–Crippen LogP) is 2.18. The first-order chi connectivity index (χ1) is 16.2. The van der Waals surface area contributed by atoms with E-state index >= 15 is 0 Å². The molecule has 3 aromatic rings. The molecule has 0 atom stereocenters. The van der Waals surface area contributed by atoms with Crippen LogP contribution in [-0.2, 0) is 14.3 Å². The molecule has 4 N–H and O–H groups in total. The molecular weight excluding hydrogens is 441 g/mol. The number of aromatic nitrogens is 4. The lowest BCUT2D eigenvalue weighted by Gasteiger charge is -2.34. The van der Waals surface area contributed by atoms with Crippen LogP contribution in [-0.4, -0.2) is 71.1 Å². The molecule has 10 nitrogen and oxygen atoms in total. The van der Waals surface area contributed by atoms with E-state index < -0.39 is 17.6 Å². The SMILES string of the molecule is CN(C)CCNc1nccc(-c2[nH]c(C3OCC(C)(C(N)=O)CO3)nc2-c2ccc(F)cc2)n1. The number of hydrogen-bond acceptors (Lipinski definition) is 8. The Bertz CT molecular complexity index is 1140. The molecule has 1 amide bonds. The fourth-order valence-electron chi connectivity index (χ4n) is 3.39. The summed E-state index contributed by atoms with van der Waals surface area (Å²) in [5.41, 5.74) is 7.01. The first kappa shape index (κ1) is 23.7. The first-order valence-corrected chi connectivity index (χ1v) is 10.9. The van der Waals surface area contributed by atoms with E-state index in [-0.39, 0.29) is 19.0 Å². The highest BCUT2D eigenvalue weighted by Gasteiger charge is 2.39. The Labute approximate surface area is 196 Å². The van der Waals surface area contributed by atoms with Crippen molar-refractivity contribution in [3.63, 3.8) is 0 Å². The van der Waals surface area contributed by atoms with Gasteiger partial charge in [0.05, 0.1) is 35.7 Å². The Morgan fingerprint density at radius 1 is 1.24 bits per heavy atom. The number of imidazole rings is 1. The fraction of sp³-hybridized carbons (Fsp3) is 0.391. The molecular formula is C23H28FN7O3. The van der Waals surface area contributed by atoms with Gasteiger partial charge in [-0.2, -0.15) is 0 Å². The number of ether oxygens (including phenoxy) is 2. The number of primary amides is 1. The van der Waals surface area contributed by atoms with Crippen LogP contribution in [0.3, 0.4) is 0 Å². The van der Waals surface area contributed by atoms with Crippen molar-refractivity contribution in [2.45, 2.75) is 13.2 Å². The van der Waals surface area contributed by atoms with Gasteiger partial charge in [-0.3, -0.25) is 4.79 Å². The molecule has 1 aliphatic rings. The molecule has 1 saturated heterocycles. The number of carbonyl (C=O) groups is 1. The van der Waals surface area contributed by atoms with Crippen LogP contribution in [0.5, 0.6) is 0 Å². The van der Waals surface area contributed by atoms with E-state index in [1.54, 1.807) is 31.3 Å². The second-order valence-electron chi connectivity index (χ2n) is 8.73. The van der Waals surface area contributed by atoms with E-state index in [9.17, 15) is 9.18 Å². The molecule has 1 fully saturated rings. The molecule has 3 heterocycles. The molecule has 2 aromatic heterocycles. The number of H-pyrrole nitrogens is 1. The Balaban J connectivity index is 1.66. The third kappa shape index (κ3) is 5.22. The Morgan fingerprint density at radius 3 is 2.59 bits per heavy atom. The van der Waals surface area contributed by atoms with Crippen LogP contribution >= 0.6 is 0 Å². The van der Waals surface area contributed by atoms with Crippen LogP contribution in [0.1, 0.15) is 19.0 Å². The summed E-state index contributed by atoms with van der Waals surface area (Å²) in [7, 11) is 3.98. The van der Waals surface area contributed by atoms with Gasteiger partial charge in [0.25, 0.3) is 0 Å². The summed E-state index contributed by atoms with van der Waals surface area (Å²) in [5.74, 6) is 0.0399. The topological polar surface area (TPSA) is 131 Å². The molecule has 0 saturated carbocycles. The summed E-state index contributed by atoms with van der Waals surface area (Å²) in [6.07, 6.45) is 0.834. The fourth-order valence-corrected chi connectivity index (χ4v) is 3.39. The van der Waals surface area contributed by atoms with Crippen LogP contribution in [0, 0.1) is 11.2 Å². The number of halogens is 1. The maximum Gasteiger partial charge on any atom is 0.228 e. The second kappa shape index (κ2) is 9.84. The summed E-state index contributed by atoms with van der Waals surface area (Å²) < 4.78 is 25.1. The first-order valence-electron chi connectivity index (χ1n) is 10.9. The molecule has 0 unspecified atom stereocenters. The number of aromatic amines is 1. The van der Waals surface area contributed by atoms with Crippen molar-refractivity contribution >= 4 is 11.9 Å². The lowest BCUT2D eigenvalue weighted by Crippen LogP contribution is -2.46. The van der Waals surface area contributed by atoms with E-state index in [4.69, 9.17) is 15.2 Å². The highest BCUT2D eigenvalue weighted by molar-refractivity contribution is 5.81. The zero-order valence-electron chi connectivity index (χ0n) is 19.3. The van der Waals surface area contributed by atoms with Gasteiger partial charge in [-0.1, -0.05) is 0 Å². The zero-order chi connectivity index (χ0) is 24.3. The van der Waals surface area contributed by atoms with Gasteiger partial charge in [0.15, 0.2) is 5.82 Å². The molecule has 4 rings (SSSR count). The number of nitrogens with zero attached hydrogens (tertiary/aromatic N) is 4. The largest absolute Gasteiger partial charge is 0.369 e. The van der Waals surface area contributed by atoms with E-state index in [0.29, 0.717) is 41.0 Å². The molecule has 0 spiro atoms.